The first kappa shape index (κ1) is 15.6. The zero-order valence-corrected chi connectivity index (χ0v) is 12.7. The van der Waals surface area contributed by atoms with Crippen LogP contribution in [0.5, 0.6) is 0 Å². The quantitative estimate of drug-likeness (QED) is 0.820. The largest absolute Gasteiger partial charge is 0.243 e. The van der Waals surface area contributed by atoms with Gasteiger partial charge in [-0.3, -0.25) is 0 Å². The Labute approximate surface area is 127 Å². The highest BCUT2D eigenvalue weighted by atomic mass is 32.2. The van der Waals surface area contributed by atoms with E-state index in [-0.39, 0.29) is 24.4 Å². The predicted molar refractivity (Wildman–Crippen MR) is 78.5 cm³/mol. The third-order valence-electron chi connectivity index (χ3n) is 2.84. The van der Waals surface area contributed by atoms with Crippen molar-refractivity contribution in [1.29, 1.82) is 5.26 Å². The molecule has 0 aliphatic rings. The van der Waals surface area contributed by atoms with Gasteiger partial charge in [-0.2, -0.15) is 9.57 Å². The van der Waals surface area contributed by atoms with Crippen LogP contribution < -0.4 is 0 Å². The zero-order valence-electron chi connectivity index (χ0n) is 11.1. The third kappa shape index (κ3) is 3.88. The van der Waals surface area contributed by atoms with Gasteiger partial charge in [-0.25, -0.2) is 12.8 Å². The second-order valence-corrected chi connectivity index (χ2v) is 7.25. The predicted octanol–water partition coefficient (Wildman–Crippen LogP) is 2.99. The van der Waals surface area contributed by atoms with E-state index in [0.717, 1.165) is 17.0 Å². The summed E-state index contributed by atoms with van der Waals surface area (Å²) in [6.45, 7) is 0.313. The number of halogens is 1. The Morgan fingerprint density at radius 1 is 1.24 bits per heavy atom. The molecule has 2 aromatic rings. The Kier molecular flexibility index (Phi) is 5.07. The van der Waals surface area contributed by atoms with Crippen LogP contribution in [0.2, 0.25) is 0 Å². The molecule has 0 fully saturated rings. The van der Waals surface area contributed by atoms with Crippen LogP contribution >= 0.6 is 11.3 Å². The Morgan fingerprint density at radius 3 is 2.52 bits per heavy atom. The van der Waals surface area contributed by atoms with Crippen LogP contribution in [0.15, 0.2) is 46.7 Å². The molecule has 21 heavy (non-hydrogen) atoms. The molecule has 0 saturated carbocycles. The molecular weight excluding hydrogens is 311 g/mol. The fourth-order valence-corrected chi connectivity index (χ4v) is 4.01. The average molecular weight is 324 g/mol. The van der Waals surface area contributed by atoms with Crippen molar-refractivity contribution in [3.8, 4) is 6.07 Å². The Balaban J connectivity index is 2.29. The minimum atomic E-state index is -3.74. The molecule has 0 radical (unpaired) electrons. The van der Waals surface area contributed by atoms with Crippen molar-refractivity contribution in [2.24, 2.45) is 0 Å². The van der Waals surface area contributed by atoms with Crippen LogP contribution in [0.3, 0.4) is 0 Å². The number of nitriles is 1. The number of rotatable bonds is 6. The van der Waals surface area contributed by atoms with E-state index in [2.05, 4.69) is 0 Å². The number of benzene rings is 1. The van der Waals surface area contributed by atoms with Crippen LogP contribution in [-0.4, -0.2) is 19.3 Å². The normalized spacial score (nSPS) is 11.5. The Morgan fingerprint density at radius 2 is 1.95 bits per heavy atom. The topological polar surface area (TPSA) is 61.2 Å². The summed E-state index contributed by atoms with van der Waals surface area (Å²) >= 11 is 1.45. The summed E-state index contributed by atoms with van der Waals surface area (Å²) in [4.78, 5) is 0.914. The van der Waals surface area contributed by atoms with Crippen molar-refractivity contribution in [3.05, 3.63) is 52.5 Å². The molecule has 0 amide bonds. The van der Waals surface area contributed by atoms with Gasteiger partial charge in [0.2, 0.25) is 10.0 Å². The van der Waals surface area contributed by atoms with Crippen molar-refractivity contribution in [1.82, 2.24) is 4.31 Å². The van der Waals surface area contributed by atoms with Crippen LogP contribution in [0.1, 0.15) is 11.3 Å². The number of sulfonamides is 1. The maximum Gasteiger partial charge on any atom is 0.243 e. The van der Waals surface area contributed by atoms with Crippen LogP contribution in [0, 0.1) is 17.1 Å². The summed E-state index contributed by atoms with van der Waals surface area (Å²) in [5, 5.41) is 10.6. The summed E-state index contributed by atoms with van der Waals surface area (Å²) < 4.78 is 39.3. The van der Waals surface area contributed by atoms with Crippen LogP contribution in [0.25, 0.3) is 0 Å². The third-order valence-corrected chi connectivity index (χ3v) is 5.56. The van der Waals surface area contributed by atoms with Gasteiger partial charge in [0.15, 0.2) is 0 Å². The smallest absolute Gasteiger partial charge is 0.207 e. The number of hydrogen-bond acceptors (Lipinski definition) is 4. The molecule has 0 unspecified atom stereocenters. The van der Waals surface area contributed by atoms with E-state index in [1.807, 2.05) is 23.6 Å². The van der Waals surface area contributed by atoms with E-state index in [1.165, 1.54) is 27.8 Å². The molecule has 7 heteroatoms. The highest BCUT2D eigenvalue weighted by Gasteiger charge is 2.24. The van der Waals surface area contributed by atoms with Gasteiger partial charge < -0.3 is 0 Å². The molecular formula is C14H13FN2O2S2. The van der Waals surface area contributed by atoms with Gasteiger partial charge in [-0.1, -0.05) is 6.07 Å². The van der Waals surface area contributed by atoms with Gasteiger partial charge in [0, 0.05) is 24.4 Å². The fraction of sp³-hybridized carbons (Fsp3) is 0.214. The van der Waals surface area contributed by atoms with Gasteiger partial charge in [0.25, 0.3) is 0 Å². The molecule has 0 N–H and O–H groups in total. The Hall–Kier alpha value is -1.75. The minimum Gasteiger partial charge on any atom is -0.207 e. The summed E-state index contributed by atoms with van der Waals surface area (Å²) in [7, 11) is -3.74. The first-order valence-electron chi connectivity index (χ1n) is 6.19. The second kappa shape index (κ2) is 6.80. The van der Waals surface area contributed by atoms with Gasteiger partial charge in [0.1, 0.15) is 5.82 Å². The highest BCUT2D eigenvalue weighted by molar-refractivity contribution is 7.89. The van der Waals surface area contributed by atoms with Crippen molar-refractivity contribution in [2.45, 2.75) is 17.9 Å². The van der Waals surface area contributed by atoms with Crippen molar-refractivity contribution in [3.63, 3.8) is 0 Å². The Bertz CT molecular complexity index is 719. The monoisotopic (exact) mass is 324 g/mol. The lowest BCUT2D eigenvalue weighted by molar-refractivity contribution is 0.416. The number of hydrogen-bond donors (Lipinski definition) is 0. The summed E-state index contributed by atoms with van der Waals surface area (Å²) in [6, 6.07) is 10.3. The first-order valence-corrected chi connectivity index (χ1v) is 8.51. The van der Waals surface area contributed by atoms with Gasteiger partial charge in [0.05, 0.1) is 11.0 Å². The van der Waals surface area contributed by atoms with Gasteiger partial charge in [-0.15, -0.1) is 11.3 Å². The summed E-state index contributed by atoms with van der Waals surface area (Å²) in [6.07, 6.45) is 0.103. The minimum absolute atomic E-state index is 0.0263. The lowest BCUT2D eigenvalue weighted by atomic mass is 10.4. The van der Waals surface area contributed by atoms with Crippen molar-refractivity contribution < 1.29 is 12.8 Å². The fourth-order valence-electron chi connectivity index (χ4n) is 1.79. The molecule has 2 rings (SSSR count). The zero-order chi connectivity index (χ0) is 15.3. The maximum atomic E-state index is 12.9. The molecule has 1 aromatic heterocycles. The second-order valence-electron chi connectivity index (χ2n) is 4.28. The van der Waals surface area contributed by atoms with E-state index >= 15 is 0 Å². The van der Waals surface area contributed by atoms with Crippen molar-refractivity contribution >= 4 is 21.4 Å². The lowest BCUT2D eigenvalue weighted by Gasteiger charge is -2.20. The highest BCUT2D eigenvalue weighted by Crippen LogP contribution is 2.21. The standard InChI is InChI=1S/C14H13FN2O2S2/c15-12-4-6-14(7-5-12)21(18,19)17(9-2-8-16)11-13-3-1-10-20-13/h1,3-7,10H,2,9,11H2. The number of nitrogens with zero attached hydrogens (tertiary/aromatic N) is 2. The lowest BCUT2D eigenvalue weighted by Crippen LogP contribution is -2.31. The van der Waals surface area contributed by atoms with Gasteiger partial charge in [-0.05, 0) is 35.7 Å². The molecule has 4 nitrogen and oxygen atoms in total. The SMILES string of the molecule is N#CCCN(Cc1cccs1)S(=O)(=O)c1ccc(F)cc1. The molecule has 110 valence electrons. The van der Waals surface area contributed by atoms with E-state index in [9.17, 15) is 12.8 Å². The summed E-state index contributed by atoms with van der Waals surface area (Å²) in [5.74, 6) is -0.490. The molecule has 0 atom stereocenters. The molecule has 1 heterocycles. The molecule has 0 aliphatic carbocycles. The van der Waals surface area contributed by atoms with Crippen molar-refractivity contribution in [2.75, 3.05) is 6.54 Å². The van der Waals surface area contributed by atoms with Crippen LogP contribution in [0.4, 0.5) is 4.39 Å². The summed E-state index contributed by atoms with van der Waals surface area (Å²) in [5.41, 5.74) is 0. The number of thiophene rings is 1. The molecule has 1 aromatic carbocycles. The maximum absolute atomic E-state index is 12.9. The van der Waals surface area contributed by atoms with Gasteiger partial charge >= 0.3 is 0 Å². The molecule has 0 aliphatic heterocycles. The van der Waals surface area contributed by atoms with Crippen LogP contribution in [-0.2, 0) is 16.6 Å². The molecule has 0 saturated heterocycles. The van der Waals surface area contributed by atoms with E-state index in [0.29, 0.717) is 0 Å². The van der Waals surface area contributed by atoms with E-state index in [1.54, 1.807) is 0 Å². The first-order chi connectivity index (χ1) is 10.0. The van der Waals surface area contributed by atoms with E-state index < -0.39 is 15.8 Å². The average Bonchev–Trinajstić information content (AvgIpc) is 2.96. The van der Waals surface area contributed by atoms with E-state index in [4.69, 9.17) is 5.26 Å². The molecule has 0 bridgehead atoms. The molecule has 0 spiro atoms.